The number of likely N-dealkylation sites (N-methyl/N-ethyl adjacent to an activating group) is 1. The molecule has 1 amide bonds. The molecule has 1 aromatic carbocycles. The zero-order chi connectivity index (χ0) is 14.4. The van der Waals surface area contributed by atoms with Crippen molar-refractivity contribution < 1.29 is 14.7 Å². The third-order valence-corrected chi connectivity index (χ3v) is 3.32. The van der Waals surface area contributed by atoms with Crippen LogP contribution in [-0.4, -0.2) is 35.0 Å². The minimum absolute atomic E-state index is 0.0593. The van der Waals surface area contributed by atoms with E-state index in [9.17, 15) is 9.59 Å². The standard InChI is InChI=1S/C15H21NO3/c1-4-5-11(2)16(3)14(17)10-12-6-8-13(9-7-12)15(18)19/h6-9,11H,4-5,10H2,1-3H3,(H,18,19). The Morgan fingerprint density at radius 2 is 1.84 bits per heavy atom. The molecule has 0 fully saturated rings. The number of aromatic carboxylic acids is 1. The van der Waals surface area contributed by atoms with E-state index in [2.05, 4.69) is 6.92 Å². The molecule has 0 radical (unpaired) electrons. The topological polar surface area (TPSA) is 57.6 Å². The molecule has 0 aliphatic heterocycles. The van der Waals surface area contributed by atoms with Gasteiger partial charge in [-0.25, -0.2) is 4.79 Å². The van der Waals surface area contributed by atoms with Crippen LogP contribution in [0.1, 0.15) is 42.6 Å². The first kappa shape index (κ1) is 15.2. The molecular weight excluding hydrogens is 242 g/mol. The number of hydrogen-bond donors (Lipinski definition) is 1. The van der Waals surface area contributed by atoms with Crippen molar-refractivity contribution in [3.8, 4) is 0 Å². The van der Waals surface area contributed by atoms with Crippen LogP contribution in [0.3, 0.4) is 0 Å². The Balaban J connectivity index is 2.63. The Morgan fingerprint density at radius 1 is 1.26 bits per heavy atom. The van der Waals surface area contributed by atoms with Crippen LogP contribution in [0.5, 0.6) is 0 Å². The van der Waals surface area contributed by atoms with Gasteiger partial charge in [-0.1, -0.05) is 25.5 Å². The van der Waals surface area contributed by atoms with Crippen LogP contribution >= 0.6 is 0 Å². The summed E-state index contributed by atoms with van der Waals surface area (Å²) >= 11 is 0. The van der Waals surface area contributed by atoms with E-state index in [1.165, 1.54) is 12.1 Å². The fourth-order valence-electron chi connectivity index (χ4n) is 1.92. The Hall–Kier alpha value is -1.84. The zero-order valence-corrected chi connectivity index (χ0v) is 11.7. The molecule has 0 heterocycles. The quantitative estimate of drug-likeness (QED) is 0.858. The molecule has 0 spiro atoms. The van der Waals surface area contributed by atoms with Gasteiger partial charge in [0.25, 0.3) is 0 Å². The first-order valence-electron chi connectivity index (χ1n) is 6.53. The Labute approximate surface area is 114 Å². The van der Waals surface area contributed by atoms with Gasteiger partial charge in [0.05, 0.1) is 12.0 Å². The van der Waals surface area contributed by atoms with Gasteiger partial charge < -0.3 is 10.0 Å². The largest absolute Gasteiger partial charge is 0.478 e. The van der Waals surface area contributed by atoms with Gasteiger partial charge in [0.1, 0.15) is 0 Å². The van der Waals surface area contributed by atoms with Crippen molar-refractivity contribution in [2.24, 2.45) is 0 Å². The van der Waals surface area contributed by atoms with Gasteiger partial charge in [0.15, 0.2) is 0 Å². The Kier molecular flexibility index (Phi) is 5.55. The molecule has 0 bridgehead atoms. The van der Waals surface area contributed by atoms with Gasteiger partial charge in [-0.3, -0.25) is 4.79 Å². The van der Waals surface area contributed by atoms with E-state index in [0.717, 1.165) is 18.4 Å². The van der Waals surface area contributed by atoms with Crippen molar-refractivity contribution >= 4 is 11.9 Å². The molecule has 4 nitrogen and oxygen atoms in total. The van der Waals surface area contributed by atoms with E-state index in [4.69, 9.17) is 5.11 Å². The monoisotopic (exact) mass is 263 g/mol. The number of benzene rings is 1. The lowest BCUT2D eigenvalue weighted by molar-refractivity contribution is -0.131. The molecule has 0 aliphatic rings. The van der Waals surface area contributed by atoms with Gasteiger partial charge in [-0.15, -0.1) is 0 Å². The van der Waals surface area contributed by atoms with Crippen molar-refractivity contribution in [2.45, 2.75) is 39.2 Å². The Morgan fingerprint density at radius 3 is 2.32 bits per heavy atom. The van der Waals surface area contributed by atoms with Crippen LogP contribution in [-0.2, 0) is 11.2 Å². The molecular formula is C15H21NO3. The number of nitrogens with zero attached hydrogens (tertiary/aromatic N) is 1. The lowest BCUT2D eigenvalue weighted by Gasteiger charge is -2.24. The summed E-state index contributed by atoms with van der Waals surface area (Å²) in [7, 11) is 1.81. The van der Waals surface area contributed by atoms with Crippen molar-refractivity contribution in [1.29, 1.82) is 0 Å². The highest BCUT2D eigenvalue weighted by Crippen LogP contribution is 2.09. The number of carboxylic acids is 1. The molecule has 0 aromatic heterocycles. The molecule has 0 saturated heterocycles. The van der Waals surface area contributed by atoms with Gasteiger partial charge in [-0.2, -0.15) is 0 Å². The fraction of sp³-hybridized carbons (Fsp3) is 0.467. The second-order valence-electron chi connectivity index (χ2n) is 4.82. The van der Waals surface area contributed by atoms with Gasteiger partial charge in [-0.05, 0) is 31.0 Å². The van der Waals surface area contributed by atoms with E-state index in [1.807, 2.05) is 14.0 Å². The van der Waals surface area contributed by atoms with Gasteiger partial charge >= 0.3 is 5.97 Å². The second-order valence-corrected chi connectivity index (χ2v) is 4.82. The molecule has 0 saturated carbocycles. The first-order chi connectivity index (χ1) is 8.95. The molecule has 19 heavy (non-hydrogen) atoms. The zero-order valence-electron chi connectivity index (χ0n) is 11.7. The summed E-state index contributed by atoms with van der Waals surface area (Å²) in [5.74, 6) is -0.893. The molecule has 1 atom stereocenters. The van der Waals surface area contributed by atoms with Crippen molar-refractivity contribution in [2.75, 3.05) is 7.05 Å². The van der Waals surface area contributed by atoms with Gasteiger partial charge in [0, 0.05) is 13.1 Å². The number of rotatable bonds is 6. The molecule has 104 valence electrons. The van der Waals surface area contributed by atoms with Crippen LogP contribution in [0.25, 0.3) is 0 Å². The molecule has 1 N–H and O–H groups in total. The predicted octanol–water partition coefficient (Wildman–Crippen LogP) is 2.57. The second kappa shape index (κ2) is 6.92. The predicted molar refractivity (Wildman–Crippen MR) is 74.2 cm³/mol. The van der Waals surface area contributed by atoms with E-state index in [-0.39, 0.29) is 17.5 Å². The molecule has 1 unspecified atom stereocenters. The van der Waals surface area contributed by atoms with Crippen LogP contribution < -0.4 is 0 Å². The smallest absolute Gasteiger partial charge is 0.335 e. The maximum atomic E-state index is 12.1. The van der Waals surface area contributed by atoms with Crippen LogP contribution in [0, 0.1) is 0 Å². The molecule has 4 heteroatoms. The number of amides is 1. The summed E-state index contributed by atoms with van der Waals surface area (Å²) in [4.78, 5) is 24.5. The average molecular weight is 263 g/mol. The molecule has 0 aliphatic carbocycles. The van der Waals surface area contributed by atoms with Crippen LogP contribution in [0.2, 0.25) is 0 Å². The van der Waals surface area contributed by atoms with E-state index < -0.39 is 5.97 Å². The summed E-state index contributed by atoms with van der Waals surface area (Å²) < 4.78 is 0. The summed E-state index contributed by atoms with van der Waals surface area (Å²) in [6.45, 7) is 4.13. The van der Waals surface area contributed by atoms with Crippen LogP contribution in [0.15, 0.2) is 24.3 Å². The number of carbonyl (C=O) groups is 2. The molecule has 1 aromatic rings. The van der Waals surface area contributed by atoms with Crippen molar-refractivity contribution in [1.82, 2.24) is 4.90 Å². The van der Waals surface area contributed by atoms with Gasteiger partial charge in [0.2, 0.25) is 5.91 Å². The minimum atomic E-state index is -0.952. The maximum Gasteiger partial charge on any atom is 0.335 e. The SMILES string of the molecule is CCCC(C)N(C)C(=O)Cc1ccc(C(=O)O)cc1. The summed E-state index contributed by atoms with van der Waals surface area (Å²) in [6.07, 6.45) is 2.34. The van der Waals surface area contributed by atoms with Crippen molar-refractivity contribution in [3.63, 3.8) is 0 Å². The van der Waals surface area contributed by atoms with E-state index in [1.54, 1.807) is 17.0 Å². The summed E-state index contributed by atoms with van der Waals surface area (Å²) in [5, 5.41) is 8.80. The number of carboxylic acid groups (broad SMARTS) is 1. The van der Waals surface area contributed by atoms with Crippen LogP contribution in [0.4, 0.5) is 0 Å². The summed E-state index contributed by atoms with van der Waals surface area (Å²) in [6, 6.07) is 6.68. The third kappa shape index (κ3) is 4.39. The highest BCUT2D eigenvalue weighted by molar-refractivity contribution is 5.87. The number of carbonyl (C=O) groups excluding carboxylic acids is 1. The highest BCUT2D eigenvalue weighted by atomic mass is 16.4. The lowest BCUT2D eigenvalue weighted by atomic mass is 10.1. The minimum Gasteiger partial charge on any atom is -0.478 e. The molecule has 1 rings (SSSR count). The lowest BCUT2D eigenvalue weighted by Crippen LogP contribution is -2.36. The maximum absolute atomic E-state index is 12.1. The summed E-state index contributed by atoms with van der Waals surface area (Å²) in [5.41, 5.74) is 1.08. The third-order valence-electron chi connectivity index (χ3n) is 3.32. The fourth-order valence-corrected chi connectivity index (χ4v) is 1.92. The van der Waals surface area contributed by atoms with E-state index in [0.29, 0.717) is 6.42 Å². The number of hydrogen-bond acceptors (Lipinski definition) is 2. The van der Waals surface area contributed by atoms with E-state index >= 15 is 0 Å². The average Bonchev–Trinajstić information content (AvgIpc) is 2.38. The normalized spacial score (nSPS) is 11.9. The Bertz CT molecular complexity index is 439. The van der Waals surface area contributed by atoms with Crippen molar-refractivity contribution in [3.05, 3.63) is 35.4 Å². The highest BCUT2D eigenvalue weighted by Gasteiger charge is 2.15. The first-order valence-corrected chi connectivity index (χ1v) is 6.53.